The van der Waals surface area contributed by atoms with Gasteiger partial charge in [0.15, 0.2) is 12.4 Å². The Balaban J connectivity index is 1.79. The molecule has 0 saturated carbocycles. The van der Waals surface area contributed by atoms with E-state index in [2.05, 4.69) is 5.32 Å². The molecular formula is C21H23NO4. The Morgan fingerprint density at radius 1 is 0.962 bits per heavy atom. The first-order valence-electron chi connectivity index (χ1n) is 8.63. The van der Waals surface area contributed by atoms with E-state index >= 15 is 0 Å². The van der Waals surface area contributed by atoms with Crippen molar-refractivity contribution in [2.75, 3.05) is 11.9 Å². The van der Waals surface area contributed by atoms with Crippen molar-refractivity contribution in [2.45, 2.75) is 33.1 Å². The molecule has 0 heterocycles. The van der Waals surface area contributed by atoms with Crippen LogP contribution in [0.1, 0.15) is 41.3 Å². The molecule has 0 saturated heterocycles. The van der Waals surface area contributed by atoms with Crippen molar-refractivity contribution in [3.8, 4) is 0 Å². The van der Waals surface area contributed by atoms with Crippen molar-refractivity contribution in [1.29, 1.82) is 0 Å². The van der Waals surface area contributed by atoms with E-state index < -0.39 is 11.9 Å². The minimum Gasteiger partial charge on any atom is -0.456 e. The van der Waals surface area contributed by atoms with Gasteiger partial charge in [-0.2, -0.15) is 0 Å². The average molecular weight is 353 g/mol. The SMILES string of the molecule is CCc1cccc(C)c1NC(=O)COC(=O)CCC(=O)c1ccccc1. The number of nitrogens with one attached hydrogen (secondary N) is 1. The monoisotopic (exact) mass is 353 g/mol. The number of amides is 1. The van der Waals surface area contributed by atoms with Gasteiger partial charge in [0.2, 0.25) is 0 Å². The molecule has 2 aromatic carbocycles. The fraction of sp³-hybridized carbons (Fsp3) is 0.286. The zero-order chi connectivity index (χ0) is 18.9. The molecule has 0 aliphatic heterocycles. The molecular weight excluding hydrogens is 330 g/mol. The highest BCUT2D eigenvalue weighted by atomic mass is 16.5. The van der Waals surface area contributed by atoms with E-state index in [0.29, 0.717) is 5.56 Å². The van der Waals surface area contributed by atoms with Crippen LogP contribution in [0.3, 0.4) is 0 Å². The van der Waals surface area contributed by atoms with E-state index in [4.69, 9.17) is 4.74 Å². The number of para-hydroxylation sites is 1. The van der Waals surface area contributed by atoms with Gasteiger partial charge in [0.25, 0.3) is 5.91 Å². The Bertz CT molecular complexity index is 784. The quantitative estimate of drug-likeness (QED) is 0.580. The highest BCUT2D eigenvalue weighted by Gasteiger charge is 2.13. The summed E-state index contributed by atoms with van der Waals surface area (Å²) < 4.78 is 4.97. The standard InChI is InChI=1S/C21H23NO4/c1-3-16-11-7-8-15(2)21(16)22-19(24)14-26-20(25)13-12-18(23)17-9-5-4-6-10-17/h4-11H,3,12-14H2,1-2H3,(H,22,24). The van der Waals surface area contributed by atoms with Crippen LogP contribution in [-0.2, 0) is 20.7 Å². The number of Topliss-reactive ketones (excluding diaryl/α,β-unsaturated/α-hetero) is 1. The lowest BCUT2D eigenvalue weighted by atomic mass is 10.1. The molecule has 2 aromatic rings. The van der Waals surface area contributed by atoms with Crippen molar-refractivity contribution >= 4 is 23.3 Å². The minimum absolute atomic E-state index is 0.0500. The number of ether oxygens (including phenoxy) is 1. The molecule has 1 amide bonds. The third-order valence-corrected chi connectivity index (χ3v) is 4.02. The summed E-state index contributed by atoms with van der Waals surface area (Å²) in [6, 6.07) is 14.6. The highest BCUT2D eigenvalue weighted by molar-refractivity contribution is 5.98. The fourth-order valence-electron chi connectivity index (χ4n) is 2.58. The van der Waals surface area contributed by atoms with E-state index in [9.17, 15) is 14.4 Å². The summed E-state index contributed by atoms with van der Waals surface area (Å²) in [5.74, 6) is -1.08. The van der Waals surface area contributed by atoms with Gasteiger partial charge in [-0.05, 0) is 24.5 Å². The maximum Gasteiger partial charge on any atom is 0.306 e. The molecule has 0 aliphatic rings. The van der Waals surface area contributed by atoms with Crippen LogP contribution in [0.5, 0.6) is 0 Å². The number of carbonyl (C=O) groups excluding carboxylic acids is 3. The molecule has 0 aromatic heterocycles. The molecule has 0 bridgehead atoms. The summed E-state index contributed by atoms with van der Waals surface area (Å²) in [5, 5.41) is 2.79. The maximum atomic E-state index is 12.0. The number of rotatable bonds is 8. The number of benzene rings is 2. The number of carbonyl (C=O) groups is 3. The van der Waals surface area contributed by atoms with Crippen molar-refractivity contribution in [2.24, 2.45) is 0 Å². The van der Waals surface area contributed by atoms with Crippen LogP contribution in [0.15, 0.2) is 48.5 Å². The lowest BCUT2D eigenvalue weighted by molar-refractivity contribution is -0.147. The Labute approximate surface area is 153 Å². The van der Waals surface area contributed by atoms with Gasteiger partial charge < -0.3 is 10.1 Å². The number of esters is 1. The van der Waals surface area contributed by atoms with Crippen molar-refractivity contribution in [3.63, 3.8) is 0 Å². The van der Waals surface area contributed by atoms with E-state index in [1.54, 1.807) is 24.3 Å². The van der Waals surface area contributed by atoms with Gasteiger partial charge in [-0.3, -0.25) is 14.4 Å². The third-order valence-electron chi connectivity index (χ3n) is 4.02. The van der Waals surface area contributed by atoms with Gasteiger partial charge in [0.05, 0.1) is 6.42 Å². The van der Waals surface area contributed by atoms with E-state index in [-0.39, 0.29) is 25.2 Å². The summed E-state index contributed by atoms with van der Waals surface area (Å²) in [4.78, 5) is 35.8. The maximum absolute atomic E-state index is 12.0. The molecule has 0 atom stereocenters. The van der Waals surface area contributed by atoms with E-state index in [1.807, 2.05) is 38.1 Å². The Kier molecular flexibility index (Phi) is 7.09. The summed E-state index contributed by atoms with van der Waals surface area (Å²) in [5.41, 5.74) is 3.30. The van der Waals surface area contributed by atoms with Crippen molar-refractivity contribution in [3.05, 3.63) is 65.2 Å². The van der Waals surface area contributed by atoms with Crippen molar-refractivity contribution < 1.29 is 19.1 Å². The summed E-state index contributed by atoms with van der Waals surface area (Å²) in [7, 11) is 0. The molecule has 2 rings (SSSR count). The Morgan fingerprint density at radius 2 is 1.69 bits per heavy atom. The zero-order valence-electron chi connectivity index (χ0n) is 15.1. The number of aryl methyl sites for hydroxylation is 2. The van der Waals surface area contributed by atoms with E-state index in [1.165, 1.54) is 0 Å². The van der Waals surface area contributed by atoms with Crippen LogP contribution in [0.2, 0.25) is 0 Å². The summed E-state index contributed by atoms with van der Waals surface area (Å²) >= 11 is 0. The lowest BCUT2D eigenvalue weighted by Gasteiger charge is -2.13. The fourth-order valence-corrected chi connectivity index (χ4v) is 2.58. The van der Waals surface area contributed by atoms with Gasteiger partial charge in [0, 0.05) is 17.7 Å². The van der Waals surface area contributed by atoms with Gasteiger partial charge in [-0.1, -0.05) is 55.5 Å². The molecule has 0 fully saturated rings. The van der Waals surface area contributed by atoms with Crippen LogP contribution >= 0.6 is 0 Å². The lowest BCUT2D eigenvalue weighted by Crippen LogP contribution is -2.22. The number of ketones is 1. The van der Waals surface area contributed by atoms with Gasteiger partial charge >= 0.3 is 5.97 Å². The van der Waals surface area contributed by atoms with Gasteiger partial charge in [0.1, 0.15) is 0 Å². The molecule has 5 heteroatoms. The van der Waals surface area contributed by atoms with Gasteiger partial charge in [-0.15, -0.1) is 0 Å². The molecule has 0 unspecified atom stereocenters. The molecule has 0 aliphatic carbocycles. The smallest absolute Gasteiger partial charge is 0.306 e. The molecule has 0 spiro atoms. The first kappa shape index (κ1) is 19.4. The third kappa shape index (κ3) is 5.55. The Hall–Kier alpha value is -2.95. The average Bonchev–Trinajstić information content (AvgIpc) is 2.66. The first-order valence-corrected chi connectivity index (χ1v) is 8.63. The predicted octanol–water partition coefficient (Wildman–Crippen LogP) is 3.70. The van der Waals surface area contributed by atoms with Crippen LogP contribution in [0.25, 0.3) is 0 Å². The minimum atomic E-state index is -0.565. The van der Waals surface area contributed by atoms with Crippen LogP contribution in [0, 0.1) is 6.92 Å². The highest BCUT2D eigenvalue weighted by Crippen LogP contribution is 2.20. The van der Waals surface area contributed by atoms with Crippen LogP contribution < -0.4 is 5.32 Å². The second-order valence-electron chi connectivity index (χ2n) is 5.96. The number of hydrogen-bond donors (Lipinski definition) is 1. The van der Waals surface area contributed by atoms with Crippen LogP contribution in [0.4, 0.5) is 5.69 Å². The molecule has 1 N–H and O–H groups in total. The molecule has 136 valence electrons. The number of anilines is 1. The zero-order valence-corrected chi connectivity index (χ0v) is 15.1. The predicted molar refractivity (Wildman–Crippen MR) is 100 cm³/mol. The second kappa shape index (κ2) is 9.51. The normalized spacial score (nSPS) is 10.2. The summed E-state index contributed by atoms with van der Waals surface area (Å²) in [6.07, 6.45) is 0.798. The van der Waals surface area contributed by atoms with Crippen LogP contribution in [-0.4, -0.2) is 24.3 Å². The summed E-state index contributed by atoms with van der Waals surface area (Å²) in [6.45, 7) is 3.56. The Morgan fingerprint density at radius 3 is 2.38 bits per heavy atom. The first-order chi connectivity index (χ1) is 12.5. The molecule has 5 nitrogen and oxygen atoms in total. The second-order valence-corrected chi connectivity index (χ2v) is 5.96. The van der Waals surface area contributed by atoms with E-state index in [0.717, 1.165) is 23.2 Å². The van der Waals surface area contributed by atoms with Crippen molar-refractivity contribution in [1.82, 2.24) is 0 Å². The molecule has 0 radical (unpaired) electrons. The number of hydrogen-bond acceptors (Lipinski definition) is 4. The largest absolute Gasteiger partial charge is 0.456 e. The van der Waals surface area contributed by atoms with Gasteiger partial charge in [-0.25, -0.2) is 0 Å². The molecule has 26 heavy (non-hydrogen) atoms. The topological polar surface area (TPSA) is 72.5 Å².